The number of rotatable bonds is 5. The summed E-state index contributed by atoms with van der Waals surface area (Å²) < 4.78 is 43.3. The van der Waals surface area contributed by atoms with Crippen LogP contribution in [0.1, 0.15) is 52.8 Å². The highest BCUT2D eigenvalue weighted by atomic mass is 19.4. The van der Waals surface area contributed by atoms with E-state index in [0.717, 1.165) is 83.5 Å². The van der Waals surface area contributed by atoms with Crippen LogP contribution < -0.4 is 9.64 Å². The average molecular weight is 536 g/mol. The molecule has 1 fully saturated rings. The number of aromatic amines is 1. The first-order chi connectivity index (χ1) is 18.6. The van der Waals surface area contributed by atoms with Gasteiger partial charge in [0.1, 0.15) is 23.7 Å². The summed E-state index contributed by atoms with van der Waals surface area (Å²) in [5.74, 6) is 1.87. The number of ether oxygens (including phenoxy) is 1. The lowest BCUT2D eigenvalue weighted by molar-refractivity contribution is -0.274. The van der Waals surface area contributed by atoms with Crippen LogP contribution in [0.2, 0.25) is 0 Å². The van der Waals surface area contributed by atoms with Crippen LogP contribution in [0.5, 0.6) is 5.75 Å². The number of alkyl halides is 3. The highest BCUT2D eigenvalue weighted by Crippen LogP contribution is 2.38. The second kappa shape index (κ2) is 9.55. The van der Waals surface area contributed by atoms with Gasteiger partial charge < -0.3 is 14.6 Å². The van der Waals surface area contributed by atoms with Crippen molar-refractivity contribution in [2.24, 2.45) is 7.05 Å². The van der Waals surface area contributed by atoms with Gasteiger partial charge >= 0.3 is 6.36 Å². The van der Waals surface area contributed by atoms with Crippen LogP contribution in [0.4, 0.5) is 19.0 Å². The van der Waals surface area contributed by atoms with Crippen LogP contribution in [0.3, 0.4) is 0 Å². The Morgan fingerprint density at radius 2 is 1.79 bits per heavy atom. The van der Waals surface area contributed by atoms with Gasteiger partial charge in [-0.05, 0) is 62.6 Å². The van der Waals surface area contributed by atoms with Gasteiger partial charge in [-0.2, -0.15) is 5.10 Å². The number of aromatic nitrogens is 6. The largest absolute Gasteiger partial charge is 0.573 e. The Balaban J connectivity index is 1.16. The molecule has 202 valence electrons. The van der Waals surface area contributed by atoms with Gasteiger partial charge in [-0.3, -0.25) is 4.68 Å². The molecule has 1 aromatic carbocycles. The van der Waals surface area contributed by atoms with E-state index in [1.54, 1.807) is 18.5 Å². The molecule has 11 heteroatoms. The minimum atomic E-state index is -4.71. The quantitative estimate of drug-likeness (QED) is 0.358. The van der Waals surface area contributed by atoms with E-state index in [-0.39, 0.29) is 11.7 Å². The number of halogens is 3. The number of hydrogen-bond acceptors (Lipinski definition) is 6. The number of H-pyrrole nitrogens is 1. The molecule has 0 atom stereocenters. The van der Waals surface area contributed by atoms with E-state index in [0.29, 0.717) is 0 Å². The molecule has 1 aliphatic heterocycles. The van der Waals surface area contributed by atoms with Gasteiger partial charge in [0.25, 0.3) is 0 Å². The summed E-state index contributed by atoms with van der Waals surface area (Å²) in [6, 6.07) is 5.82. The van der Waals surface area contributed by atoms with Crippen molar-refractivity contribution in [3.8, 4) is 17.0 Å². The zero-order chi connectivity index (χ0) is 27.3. The number of nitrogens with zero attached hydrogens (tertiary/aromatic N) is 6. The van der Waals surface area contributed by atoms with E-state index in [1.807, 2.05) is 25.6 Å². The smallest absolute Gasteiger partial charge is 0.406 e. The van der Waals surface area contributed by atoms with E-state index in [1.165, 1.54) is 17.7 Å². The Morgan fingerprint density at radius 3 is 2.46 bits per heavy atom. The number of imidazole rings is 1. The Bertz CT molecular complexity index is 1540. The predicted molar refractivity (Wildman–Crippen MR) is 141 cm³/mol. The fourth-order valence-electron chi connectivity index (χ4n) is 5.59. The summed E-state index contributed by atoms with van der Waals surface area (Å²) in [6.45, 7) is 5.62. The van der Waals surface area contributed by atoms with Crippen molar-refractivity contribution in [1.82, 2.24) is 29.7 Å². The monoisotopic (exact) mass is 535 g/mol. The highest BCUT2D eigenvalue weighted by molar-refractivity contribution is 5.91. The van der Waals surface area contributed by atoms with Crippen molar-refractivity contribution < 1.29 is 17.9 Å². The van der Waals surface area contributed by atoms with Crippen LogP contribution in [-0.2, 0) is 13.5 Å². The maximum Gasteiger partial charge on any atom is 0.573 e. The molecule has 4 aromatic rings. The molecule has 1 saturated heterocycles. The van der Waals surface area contributed by atoms with E-state index >= 15 is 0 Å². The van der Waals surface area contributed by atoms with E-state index in [2.05, 4.69) is 42.0 Å². The summed E-state index contributed by atoms with van der Waals surface area (Å²) in [7, 11) is 1.93. The Labute approximate surface area is 223 Å². The van der Waals surface area contributed by atoms with Gasteiger partial charge in [0.15, 0.2) is 0 Å². The lowest BCUT2D eigenvalue weighted by Gasteiger charge is -2.32. The number of aryl methyl sites for hydroxylation is 3. The molecule has 39 heavy (non-hydrogen) atoms. The van der Waals surface area contributed by atoms with E-state index < -0.39 is 6.36 Å². The fourth-order valence-corrected chi connectivity index (χ4v) is 5.59. The molecule has 4 heterocycles. The summed E-state index contributed by atoms with van der Waals surface area (Å²) in [5, 5.41) is 4.49. The van der Waals surface area contributed by atoms with Crippen LogP contribution in [0, 0.1) is 13.8 Å². The van der Waals surface area contributed by atoms with Gasteiger partial charge in [0.2, 0.25) is 0 Å². The second-order valence-electron chi connectivity index (χ2n) is 10.1. The molecule has 2 aliphatic rings. The molecule has 0 unspecified atom stereocenters. The minimum Gasteiger partial charge on any atom is -0.406 e. The second-order valence-corrected chi connectivity index (χ2v) is 10.1. The van der Waals surface area contributed by atoms with E-state index in [9.17, 15) is 13.2 Å². The van der Waals surface area contributed by atoms with Crippen LogP contribution in [-0.4, -0.2) is 49.2 Å². The first-order valence-corrected chi connectivity index (χ1v) is 12.9. The van der Waals surface area contributed by atoms with E-state index in [4.69, 9.17) is 4.98 Å². The molecule has 3 aromatic heterocycles. The number of nitrogens with one attached hydrogen (secondary N) is 1. The molecular formula is C28H28F3N7O. The van der Waals surface area contributed by atoms with Gasteiger partial charge in [-0.1, -0.05) is 0 Å². The topological polar surface area (TPSA) is 84.8 Å². The van der Waals surface area contributed by atoms with Gasteiger partial charge in [0.05, 0.1) is 17.1 Å². The molecule has 0 radical (unpaired) electrons. The van der Waals surface area contributed by atoms with Gasteiger partial charge in [-0.15, -0.1) is 13.2 Å². The van der Waals surface area contributed by atoms with Gasteiger partial charge in [0, 0.05) is 61.1 Å². The third-order valence-electron chi connectivity index (χ3n) is 7.43. The normalized spacial score (nSPS) is 15.9. The maximum atomic E-state index is 12.5. The minimum absolute atomic E-state index is 0.249. The molecule has 1 N–H and O–H groups in total. The maximum absolute atomic E-state index is 12.5. The first-order valence-electron chi connectivity index (χ1n) is 12.9. The van der Waals surface area contributed by atoms with Crippen molar-refractivity contribution >= 4 is 17.5 Å². The molecule has 0 bridgehead atoms. The lowest BCUT2D eigenvalue weighted by atomic mass is 9.96. The lowest BCUT2D eigenvalue weighted by Crippen LogP contribution is -2.34. The number of anilines is 1. The molecule has 0 saturated carbocycles. The molecular weight excluding hydrogens is 507 g/mol. The molecule has 8 nitrogen and oxygen atoms in total. The summed E-state index contributed by atoms with van der Waals surface area (Å²) in [6.07, 6.45) is 3.77. The Kier molecular flexibility index (Phi) is 6.16. The van der Waals surface area contributed by atoms with Crippen molar-refractivity contribution in [1.29, 1.82) is 0 Å². The van der Waals surface area contributed by atoms with Crippen molar-refractivity contribution in [2.75, 3.05) is 18.0 Å². The molecule has 6 rings (SSSR count). The van der Waals surface area contributed by atoms with Gasteiger partial charge in [-0.25, -0.2) is 15.0 Å². The molecule has 0 amide bonds. The summed E-state index contributed by atoms with van der Waals surface area (Å²) >= 11 is 0. The third kappa shape index (κ3) is 5.00. The summed E-state index contributed by atoms with van der Waals surface area (Å²) in [5.41, 5.74) is 7.85. The first kappa shape index (κ1) is 25.1. The summed E-state index contributed by atoms with van der Waals surface area (Å²) in [4.78, 5) is 19.8. The SMILES string of the molecule is Cc1nn(C)cc1C1=Cc2c(ncnc2N2CCC(c3nc(-c4ccc(OC(F)(F)F)cc4)c(C)[nH]3)CC2)C1. The van der Waals surface area contributed by atoms with Crippen LogP contribution >= 0.6 is 0 Å². The predicted octanol–water partition coefficient (Wildman–Crippen LogP) is 5.60. The van der Waals surface area contributed by atoms with Crippen molar-refractivity contribution in [2.45, 2.75) is 45.4 Å². The third-order valence-corrected chi connectivity index (χ3v) is 7.43. The Morgan fingerprint density at radius 1 is 1.05 bits per heavy atom. The number of piperidine rings is 1. The molecule has 1 aliphatic carbocycles. The number of benzene rings is 1. The van der Waals surface area contributed by atoms with Crippen LogP contribution in [0.25, 0.3) is 22.9 Å². The fraction of sp³-hybridized carbons (Fsp3) is 0.357. The number of hydrogen-bond donors (Lipinski definition) is 1. The average Bonchev–Trinajstić information content (AvgIpc) is 3.59. The molecule has 0 spiro atoms. The number of fused-ring (bicyclic) bond motifs is 1. The number of allylic oxidation sites excluding steroid dienone is 1. The van der Waals surface area contributed by atoms with Crippen LogP contribution in [0.15, 0.2) is 36.8 Å². The Hall–Kier alpha value is -4.15. The zero-order valence-corrected chi connectivity index (χ0v) is 21.9. The highest BCUT2D eigenvalue weighted by Gasteiger charge is 2.31. The standard InChI is InChI=1S/C28H28F3N7O/c1-16-23(14-37(3)36-16)20-12-22-24(13-20)32-15-33-27(22)38-10-8-19(9-11-38)26-34-17(2)25(35-26)18-4-6-21(7-5-18)39-28(29,30)31/h4-7,12,14-15,19H,8-11,13H2,1-3H3,(H,34,35). The van der Waals surface area contributed by atoms with Crippen molar-refractivity contribution in [3.63, 3.8) is 0 Å². The zero-order valence-electron chi connectivity index (χ0n) is 21.9. The van der Waals surface area contributed by atoms with Crippen molar-refractivity contribution in [3.05, 3.63) is 70.8 Å².